The van der Waals surface area contributed by atoms with Gasteiger partial charge in [-0.3, -0.25) is 0 Å². The van der Waals surface area contributed by atoms with Crippen molar-refractivity contribution in [2.45, 2.75) is 50.6 Å². The Balaban J connectivity index is 1.63. The highest BCUT2D eigenvalue weighted by Gasteiger charge is 2.57. The minimum absolute atomic E-state index is 0.211. The number of ether oxygens (including phenoxy) is 2. The summed E-state index contributed by atoms with van der Waals surface area (Å²) in [6, 6.07) is 10.7. The van der Waals surface area contributed by atoms with Crippen molar-refractivity contribution in [2.24, 2.45) is 11.8 Å². The summed E-state index contributed by atoms with van der Waals surface area (Å²) in [6.45, 7) is 2.25. The molecule has 106 valence electrons. The number of benzene rings is 1. The molecule has 2 saturated heterocycles. The molecule has 0 unspecified atom stereocenters. The maximum Gasteiger partial charge on any atom is 0.0889 e. The smallest absolute Gasteiger partial charge is 0.0889 e. The average molecular weight is 270 g/mol. The predicted octanol–water partition coefficient (Wildman–Crippen LogP) is 3.89. The van der Waals surface area contributed by atoms with Gasteiger partial charge in [-0.05, 0) is 12.0 Å². The van der Waals surface area contributed by atoms with Crippen LogP contribution in [0.2, 0.25) is 0 Å². The third kappa shape index (κ3) is 1.86. The molecule has 3 aliphatic rings. The molecule has 1 aromatic carbocycles. The summed E-state index contributed by atoms with van der Waals surface area (Å²) in [6.07, 6.45) is 9.28. The van der Waals surface area contributed by atoms with Crippen molar-refractivity contribution in [1.29, 1.82) is 0 Å². The highest BCUT2D eigenvalue weighted by atomic mass is 16.5. The molecule has 3 aliphatic heterocycles. The molecule has 0 aliphatic carbocycles. The van der Waals surface area contributed by atoms with Gasteiger partial charge in [0.05, 0.1) is 24.4 Å². The van der Waals surface area contributed by atoms with E-state index in [1.807, 2.05) is 0 Å². The monoisotopic (exact) mass is 270 g/mol. The summed E-state index contributed by atoms with van der Waals surface area (Å²) < 4.78 is 12.6. The van der Waals surface area contributed by atoms with Crippen LogP contribution in [0.15, 0.2) is 42.5 Å². The van der Waals surface area contributed by atoms with Gasteiger partial charge in [0.1, 0.15) is 0 Å². The average Bonchev–Trinajstić information content (AvgIpc) is 3.18. The minimum Gasteiger partial charge on any atom is -0.369 e. The number of unbranched alkanes of at least 4 members (excludes halogenated alkanes) is 1. The lowest BCUT2D eigenvalue weighted by molar-refractivity contribution is -0.0262. The molecular formula is C18H22O2. The van der Waals surface area contributed by atoms with Crippen molar-refractivity contribution in [3.05, 3.63) is 48.0 Å². The highest BCUT2D eigenvalue weighted by Crippen LogP contribution is 2.55. The van der Waals surface area contributed by atoms with Gasteiger partial charge in [0.25, 0.3) is 0 Å². The van der Waals surface area contributed by atoms with Gasteiger partial charge in [-0.2, -0.15) is 0 Å². The van der Waals surface area contributed by atoms with E-state index in [2.05, 4.69) is 49.4 Å². The number of fused-ring (bicyclic) bond motifs is 5. The topological polar surface area (TPSA) is 18.5 Å². The van der Waals surface area contributed by atoms with Gasteiger partial charge >= 0.3 is 0 Å². The van der Waals surface area contributed by atoms with Crippen LogP contribution >= 0.6 is 0 Å². The van der Waals surface area contributed by atoms with Gasteiger partial charge in [-0.15, -0.1) is 0 Å². The molecule has 2 heteroatoms. The zero-order valence-corrected chi connectivity index (χ0v) is 11.9. The molecule has 1 aromatic rings. The first-order valence-corrected chi connectivity index (χ1v) is 7.92. The lowest BCUT2D eigenvalue weighted by Gasteiger charge is -2.21. The Kier molecular flexibility index (Phi) is 3.16. The lowest BCUT2D eigenvalue weighted by Crippen LogP contribution is -2.28. The second kappa shape index (κ2) is 5.01. The van der Waals surface area contributed by atoms with Crippen molar-refractivity contribution in [3.8, 4) is 0 Å². The van der Waals surface area contributed by atoms with E-state index in [-0.39, 0.29) is 12.2 Å². The van der Waals surface area contributed by atoms with E-state index >= 15 is 0 Å². The van der Waals surface area contributed by atoms with Crippen LogP contribution in [0, 0.1) is 11.8 Å². The molecule has 0 N–H and O–H groups in total. The minimum atomic E-state index is 0.211. The molecule has 4 rings (SSSR count). The van der Waals surface area contributed by atoms with E-state index in [0.717, 1.165) is 0 Å². The van der Waals surface area contributed by atoms with Gasteiger partial charge in [0, 0.05) is 11.8 Å². The zero-order chi connectivity index (χ0) is 13.5. The maximum atomic E-state index is 6.48. The molecule has 2 nitrogen and oxygen atoms in total. The number of hydrogen-bond donors (Lipinski definition) is 0. The Morgan fingerprint density at radius 1 is 0.950 bits per heavy atom. The molecule has 3 heterocycles. The molecule has 2 bridgehead atoms. The molecular weight excluding hydrogens is 248 g/mol. The highest BCUT2D eigenvalue weighted by molar-refractivity contribution is 5.26. The Labute approximate surface area is 120 Å². The van der Waals surface area contributed by atoms with E-state index < -0.39 is 0 Å². The Bertz CT molecular complexity index is 495. The summed E-state index contributed by atoms with van der Waals surface area (Å²) in [5, 5.41) is 0. The van der Waals surface area contributed by atoms with E-state index in [4.69, 9.17) is 9.47 Å². The molecule has 0 saturated carbocycles. The van der Waals surface area contributed by atoms with Crippen molar-refractivity contribution in [2.75, 3.05) is 0 Å². The summed E-state index contributed by atoms with van der Waals surface area (Å²) in [7, 11) is 0. The summed E-state index contributed by atoms with van der Waals surface area (Å²) >= 11 is 0. The van der Waals surface area contributed by atoms with Gasteiger partial charge < -0.3 is 9.47 Å². The van der Waals surface area contributed by atoms with Crippen LogP contribution < -0.4 is 0 Å². The standard InChI is InChI=1S/C18H22O2/c1-2-3-9-13-16-14-10-11-15(19-14)17(16)18(20-13)12-7-5-4-6-8-12/h4-8,10-11,13-18H,2-3,9H2,1H3/t13-,14+,15-,16-,17-,18+/m0/s1. The SMILES string of the molecule is CCCC[C@@H]1O[C@H](c2ccccc2)[C@@H]2[C@@H]1[C@H]1C=C[C@@H]2O1. The van der Waals surface area contributed by atoms with Gasteiger partial charge in [0.15, 0.2) is 0 Å². The molecule has 6 atom stereocenters. The summed E-state index contributed by atoms with van der Waals surface area (Å²) in [4.78, 5) is 0. The van der Waals surface area contributed by atoms with E-state index in [1.165, 1.54) is 24.8 Å². The van der Waals surface area contributed by atoms with Crippen molar-refractivity contribution in [1.82, 2.24) is 0 Å². The maximum absolute atomic E-state index is 6.48. The summed E-state index contributed by atoms with van der Waals surface area (Å²) in [5.74, 6) is 1.07. The third-order valence-corrected chi connectivity index (χ3v) is 5.08. The Morgan fingerprint density at radius 3 is 2.45 bits per heavy atom. The molecule has 20 heavy (non-hydrogen) atoms. The van der Waals surface area contributed by atoms with E-state index in [1.54, 1.807) is 0 Å². The largest absolute Gasteiger partial charge is 0.369 e. The first-order valence-electron chi connectivity index (χ1n) is 7.92. The molecule has 2 fully saturated rings. The van der Waals surface area contributed by atoms with Crippen LogP contribution in [0.1, 0.15) is 37.9 Å². The van der Waals surface area contributed by atoms with Gasteiger partial charge in [-0.25, -0.2) is 0 Å². The first-order chi connectivity index (χ1) is 9.88. The molecule has 0 aromatic heterocycles. The Hall–Kier alpha value is -1.12. The molecule has 0 radical (unpaired) electrons. The van der Waals surface area contributed by atoms with Crippen molar-refractivity contribution in [3.63, 3.8) is 0 Å². The van der Waals surface area contributed by atoms with Gasteiger partial charge in [0.2, 0.25) is 0 Å². The normalized spacial score (nSPS) is 41.2. The van der Waals surface area contributed by atoms with Crippen molar-refractivity contribution < 1.29 is 9.47 Å². The quantitative estimate of drug-likeness (QED) is 0.773. The van der Waals surface area contributed by atoms with Crippen LogP contribution in [0.4, 0.5) is 0 Å². The van der Waals surface area contributed by atoms with E-state index in [9.17, 15) is 0 Å². The van der Waals surface area contributed by atoms with Crippen LogP contribution in [-0.2, 0) is 9.47 Å². The second-order valence-electron chi connectivity index (χ2n) is 6.25. The van der Waals surface area contributed by atoms with Crippen LogP contribution in [0.25, 0.3) is 0 Å². The van der Waals surface area contributed by atoms with Crippen molar-refractivity contribution >= 4 is 0 Å². The predicted molar refractivity (Wildman–Crippen MR) is 78.4 cm³/mol. The number of hydrogen-bond acceptors (Lipinski definition) is 2. The number of rotatable bonds is 4. The Morgan fingerprint density at radius 2 is 1.70 bits per heavy atom. The third-order valence-electron chi connectivity index (χ3n) is 5.08. The fourth-order valence-electron chi connectivity index (χ4n) is 4.18. The molecule has 0 amide bonds. The molecule has 0 spiro atoms. The van der Waals surface area contributed by atoms with Crippen LogP contribution in [-0.4, -0.2) is 18.3 Å². The summed E-state index contributed by atoms with van der Waals surface area (Å²) in [5.41, 5.74) is 1.31. The van der Waals surface area contributed by atoms with Gasteiger partial charge in [-0.1, -0.05) is 62.2 Å². The first kappa shape index (κ1) is 12.6. The lowest BCUT2D eigenvalue weighted by atomic mass is 9.77. The van der Waals surface area contributed by atoms with Crippen LogP contribution in [0.5, 0.6) is 0 Å². The fraction of sp³-hybridized carbons (Fsp3) is 0.556. The van der Waals surface area contributed by atoms with E-state index in [0.29, 0.717) is 24.0 Å². The fourth-order valence-corrected chi connectivity index (χ4v) is 4.18. The van der Waals surface area contributed by atoms with Crippen LogP contribution in [0.3, 0.4) is 0 Å². The second-order valence-corrected chi connectivity index (χ2v) is 6.25. The zero-order valence-electron chi connectivity index (χ0n) is 11.9.